The van der Waals surface area contributed by atoms with Crippen molar-refractivity contribution < 1.29 is 33.3 Å². The number of piperidine rings is 1. The van der Waals surface area contributed by atoms with Gasteiger partial charge in [0.05, 0.1) is 20.8 Å². The first-order valence-electron chi connectivity index (χ1n) is 16.1. The maximum absolute atomic E-state index is 13.1. The van der Waals surface area contributed by atoms with Crippen molar-refractivity contribution in [1.29, 1.82) is 0 Å². The average molecular weight is 621 g/mol. The van der Waals surface area contributed by atoms with Crippen LogP contribution in [0.3, 0.4) is 0 Å². The topological polar surface area (TPSA) is 103 Å². The lowest BCUT2D eigenvalue weighted by molar-refractivity contribution is -0.148. The van der Waals surface area contributed by atoms with Gasteiger partial charge in [-0.05, 0) is 92.8 Å². The van der Waals surface area contributed by atoms with Crippen LogP contribution < -0.4 is 14.8 Å². The number of methoxy groups -OCH3 is 2. The molecule has 1 fully saturated rings. The van der Waals surface area contributed by atoms with Crippen LogP contribution in [0.25, 0.3) is 5.76 Å². The zero-order chi connectivity index (χ0) is 32.3. The molecule has 2 aliphatic rings. The van der Waals surface area contributed by atoms with E-state index in [1.807, 2.05) is 32.0 Å². The second kappa shape index (κ2) is 16.5. The van der Waals surface area contributed by atoms with Crippen molar-refractivity contribution in [2.45, 2.75) is 78.3 Å². The first-order chi connectivity index (χ1) is 21.7. The molecule has 9 nitrogen and oxygen atoms in total. The van der Waals surface area contributed by atoms with E-state index in [9.17, 15) is 14.4 Å². The zero-order valence-corrected chi connectivity index (χ0v) is 27.4. The Balaban J connectivity index is 1.39. The van der Waals surface area contributed by atoms with Crippen molar-refractivity contribution in [3.05, 3.63) is 64.7 Å². The number of amides is 1. The third-order valence-electron chi connectivity index (χ3n) is 8.59. The summed E-state index contributed by atoms with van der Waals surface area (Å²) in [6, 6.07) is 13.7. The lowest BCUT2D eigenvalue weighted by Crippen LogP contribution is -2.45. The number of allylic oxidation sites excluding steroid dienone is 1. The minimum Gasteiger partial charge on any atom is -0.493 e. The van der Waals surface area contributed by atoms with Gasteiger partial charge in [-0.1, -0.05) is 44.2 Å². The fraction of sp³-hybridized carbons (Fsp3) is 0.528. The van der Waals surface area contributed by atoms with E-state index in [4.69, 9.17) is 18.9 Å². The summed E-state index contributed by atoms with van der Waals surface area (Å²) in [6.07, 6.45) is 4.20. The number of hydrogen-bond acceptors (Lipinski definition) is 8. The molecule has 1 aliphatic carbocycles. The Morgan fingerprint density at radius 3 is 2.31 bits per heavy atom. The van der Waals surface area contributed by atoms with E-state index in [1.54, 1.807) is 21.1 Å². The summed E-state index contributed by atoms with van der Waals surface area (Å²) in [6.45, 7) is 8.71. The molecule has 0 unspecified atom stereocenters. The molecule has 1 aliphatic heterocycles. The molecule has 0 spiro atoms. The zero-order valence-electron chi connectivity index (χ0n) is 27.4. The molecule has 244 valence electrons. The van der Waals surface area contributed by atoms with Gasteiger partial charge in [-0.3, -0.25) is 14.5 Å². The highest BCUT2D eigenvalue weighted by molar-refractivity contribution is 5.86. The van der Waals surface area contributed by atoms with Crippen LogP contribution in [0, 0.1) is 11.8 Å². The van der Waals surface area contributed by atoms with E-state index in [-0.39, 0.29) is 37.2 Å². The van der Waals surface area contributed by atoms with Crippen molar-refractivity contribution in [3.8, 4) is 11.5 Å². The fourth-order valence-electron chi connectivity index (χ4n) is 6.14. The number of likely N-dealkylation sites (tertiary alicyclic amines) is 1. The number of esters is 2. The lowest BCUT2D eigenvalue weighted by atomic mass is 9.89. The number of hydrogen-bond donors (Lipinski definition) is 1. The van der Waals surface area contributed by atoms with E-state index in [0.717, 1.165) is 55.6 Å². The second-order valence-corrected chi connectivity index (χ2v) is 12.3. The average Bonchev–Trinajstić information content (AvgIpc) is 3.35. The summed E-state index contributed by atoms with van der Waals surface area (Å²) >= 11 is 0. The molecule has 0 bridgehead atoms. The van der Waals surface area contributed by atoms with E-state index in [2.05, 4.69) is 34.5 Å². The molecule has 9 heteroatoms. The predicted molar refractivity (Wildman–Crippen MR) is 173 cm³/mol. The molecule has 1 heterocycles. The number of nitrogens with zero attached hydrogens (tertiary/aromatic N) is 1. The van der Waals surface area contributed by atoms with Crippen LogP contribution in [0.15, 0.2) is 48.0 Å². The number of fused-ring (bicyclic) bond motifs is 1. The number of ether oxygens (including phenoxy) is 4. The SMILES string of the molecule is CCOC(=O)[C@@H](NC(=O)CCCC(=O)OC1=C(CC2CCN(Cc3ccccc3)CC2)Cc2cc(OC)c(OC)cc21)C(C)C. The Kier molecular flexibility index (Phi) is 12.4. The van der Waals surface area contributed by atoms with Crippen LogP contribution in [-0.2, 0) is 36.8 Å². The van der Waals surface area contributed by atoms with E-state index >= 15 is 0 Å². The largest absolute Gasteiger partial charge is 0.493 e. The van der Waals surface area contributed by atoms with Crippen LogP contribution in [0.2, 0.25) is 0 Å². The molecule has 1 atom stereocenters. The van der Waals surface area contributed by atoms with Gasteiger partial charge in [0.15, 0.2) is 11.5 Å². The normalized spacial score (nSPS) is 15.9. The van der Waals surface area contributed by atoms with Crippen molar-refractivity contribution in [2.75, 3.05) is 33.9 Å². The molecule has 2 aromatic rings. The quantitative estimate of drug-likeness (QED) is 0.254. The molecule has 4 rings (SSSR count). The van der Waals surface area contributed by atoms with E-state index < -0.39 is 12.0 Å². The Hall–Kier alpha value is -3.85. The van der Waals surface area contributed by atoms with E-state index in [0.29, 0.717) is 36.0 Å². The number of benzene rings is 2. The minimum atomic E-state index is -0.718. The van der Waals surface area contributed by atoms with Gasteiger partial charge in [0.2, 0.25) is 5.91 Å². The fourth-order valence-corrected chi connectivity index (χ4v) is 6.14. The van der Waals surface area contributed by atoms with Crippen LogP contribution in [0.4, 0.5) is 0 Å². The second-order valence-electron chi connectivity index (χ2n) is 12.3. The summed E-state index contributed by atoms with van der Waals surface area (Å²) in [5.74, 6) is 1.08. The van der Waals surface area contributed by atoms with Crippen molar-refractivity contribution in [1.82, 2.24) is 10.2 Å². The standard InChI is InChI=1S/C36H48N2O7/c1-6-44-36(41)34(24(2)3)37-32(39)13-10-14-33(40)45-35-28(20-27-21-30(42-4)31(43-5)22-29(27)35)19-25-15-17-38(18-16-25)23-26-11-8-7-9-12-26/h7-9,11-12,21-22,24-25,34H,6,10,13-20,23H2,1-5H3,(H,37,39)/t34-/m0/s1. The molecular weight excluding hydrogens is 572 g/mol. The minimum absolute atomic E-state index is 0.0798. The maximum atomic E-state index is 13.1. The molecule has 1 saturated heterocycles. The third-order valence-corrected chi connectivity index (χ3v) is 8.59. The van der Waals surface area contributed by atoms with Crippen molar-refractivity contribution >= 4 is 23.6 Å². The Morgan fingerprint density at radius 2 is 1.67 bits per heavy atom. The number of nitrogens with one attached hydrogen (secondary N) is 1. The van der Waals surface area contributed by atoms with Crippen molar-refractivity contribution in [3.63, 3.8) is 0 Å². The van der Waals surface area contributed by atoms with E-state index in [1.165, 1.54) is 5.56 Å². The highest BCUT2D eigenvalue weighted by Crippen LogP contribution is 2.43. The van der Waals surface area contributed by atoms with Gasteiger partial charge in [-0.2, -0.15) is 0 Å². The van der Waals surface area contributed by atoms with Crippen LogP contribution in [-0.4, -0.2) is 62.7 Å². The van der Waals surface area contributed by atoms with Gasteiger partial charge < -0.3 is 24.3 Å². The van der Waals surface area contributed by atoms with Gasteiger partial charge in [-0.15, -0.1) is 0 Å². The molecule has 0 saturated carbocycles. The molecule has 2 aromatic carbocycles. The molecular formula is C36H48N2O7. The summed E-state index contributed by atoms with van der Waals surface area (Å²) in [5.41, 5.74) is 4.34. The lowest BCUT2D eigenvalue weighted by Gasteiger charge is -2.32. The summed E-state index contributed by atoms with van der Waals surface area (Å²) in [4.78, 5) is 40.4. The predicted octanol–water partition coefficient (Wildman–Crippen LogP) is 5.69. The van der Waals surface area contributed by atoms with Crippen LogP contribution in [0.5, 0.6) is 11.5 Å². The Labute approximate surface area is 267 Å². The first-order valence-corrected chi connectivity index (χ1v) is 16.1. The highest BCUT2D eigenvalue weighted by atomic mass is 16.5. The smallest absolute Gasteiger partial charge is 0.328 e. The molecule has 0 aromatic heterocycles. The van der Waals surface area contributed by atoms with Gasteiger partial charge >= 0.3 is 11.9 Å². The number of rotatable bonds is 15. The number of carbonyl (C=O) groups excluding carboxylic acids is 3. The summed E-state index contributed by atoms with van der Waals surface area (Å²) < 4.78 is 22.3. The monoisotopic (exact) mass is 620 g/mol. The molecule has 1 amide bonds. The summed E-state index contributed by atoms with van der Waals surface area (Å²) in [7, 11) is 3.21. The van der Waals surface area contributed by atoms with Gasteiger partial charge in [0.25, 0.3) is 0 Å². The van der Waals surface area contributed by atoms with Crippen LogP contribution in [0.1, 0.15) is 76.0 Å². The van der Waals surface area contributed by atoms with Crippen LogP contribution >= 0.6 is 0 Å². The first kappa shape index (κ1) is 34.0. The molecule has 1 N–H and O–H groups in total. The molecule has 45 heavy (non-hydrogen) atoms. The molecule has 0 radical (unpaired) electrons. The third kappa shape index (κ3) is 9.33. The van der Waals surface area contributed by atoms with Crippen molar-refractivity contribution in [2.24, 2.45) is 11.8 Å². The Morgan fingerprint density at radius 1 is 0.978 bits per heavy atom. The highest BCUT2D eigenvalue weighted by Gasteiger charge is 2.31. The van der Waals surface area contributed by atoms with Gasteiger partial charge in [-0.25, -0.2) is 4.79 Å². The van der Waals surface area contributed by atoms with Gasteiger partial charge in [0.1, 0.15) is 11.8 Å². The Bertz CT molecular complexity index is 1350. The van der Waals surface area contributed by atoms with Gasteiger partial charge in [0, 0.05) is 24.9 Å². The maximum Gasteiger partial charge on any atom is 0.328 e. The number of carbonyl (C=O) groups is 3. The summed E-state index contributed by atoms with van der Waals surface area (Å²) in [5, 5.41) is 2.75.